The van der Waals surface area contributed by atoms with Crippen LogP contribution in [-0.4, -0.2) is 14.5 Å². The lowest BCUT2D eigenvalue weighted by Crippen LogP contribution is -2.31. The van der Waals surface area contributed by atoms with Gasteiger partial charge in [-0.15, -0.1) is 0 Å². The van der Waals surface area contributed by atoms with Crippen LogP contribution in [0.4, 0.5) is 4.39 Å². The van der Waals surface area contributed by atoms with Crippen LogP contribution in [0.15, 0.2) is 24.3 Å². The molecule has 0 aliphatic carbocycles. The molecule has 5 heteroatoms. The van der Waals surface area contributed by atoms with E-state index in [-0.39, 0.29) is 11.8 Å². The fraction of sp³-hybridized carbons (Fsp3) is 0.400. The van der Waals surface area contributed by atoms with E-state index in [9.17, 15) is 12.8 Å². The summed E-state index contributed by atoms with van der Waals surface area (Å²) in [5.74, 6) is -0.615. The minimum atomic E-state index is -3.37. The van der Waals surface area contributed by atoms with Crippen molar-refractivity contribution >= 4 is 10.0 Å². The largest absolute Gasteiger partial charge is 0.216 e. The predicted molar refractivity (Wildman–Crippen MR) is 57.3 cm³/mol. The predicted octanol–water partition coefficient (Wildman–Crippen LogP) is 1.65. The zero-order valence-electron chi connectivity index (χ0n) is 8.70. The van der Waals surface area contributed by atoms with Gasteiger partial charge in [-0.1, -0.05) is 12.1 Å². The Balaban J connectivity index is 2.78. The number of sulfonamides is 1. The van der Waals surface area contributed by atoms with Gasteiger partial charge in [0.2, 0.25) is 10.0 Å². The van der Waals surface area contributed by atoms with E-state index >= 15 is 0 Å². The molecule has 0 radical (unpaired) electrons. The fourth-order valence-electron chi connectivity index (χ4n) is 1.25. The molecule has 0 bridgehead atoms. The number of nitrogens with one attached hydrogen (secondary N) is 1. The first-order chi connectivity index (χ1) is 6.89. The van der Waals surface area contributed by atoms with Gasteiger partial charge in [0.25, 0.3) is 0 Å². The van der Waals surface area contributed by atoms with E-state index in [1.807, 2.05) is 0 Å². The van der Waals surface area contributed by atoms with Crippen molar-refractivity contribution in [3.05, 3.63) is 35.6 Å². The molecule has 15 heavy (non-hydrogen) atoms. The van der Waals surface area contributed by atoms with E-state index in [2.05, 4.69) is 4.72 Å². The minimum absolute atomic E-state index is 0.149. The molecule has 0 saturated carbocycles. The second kappa shape index (κ2) is 4.72. The van der Waals surface area contributed by atoms with Crippen molar-refractivity contribution < 1.29 is 12.8 Å². The Bertz CT molecular complexity index is 429. The van der Waals surface area contributed by atoms with Gasteiger partial charge in [-0.2, -0.15) is 0 Å². The van der Waals surface area contributed by atoms with Crippen LogP contribution >= 0.6 is 0 Å². The molecule has 84 valence electrons. The zero-order chi connectivity index (χ0) is 11.5. The van der Waals surface area contributed by atoms with Crippen LogP contribution in [0, 0.1) is 5.82 Å². The molecule has 0 unspecified atom stereocenters. The second-order valence-electron chi connectivity index (χ2n) is 3.66. The first-order valence-corrected chi connectivity index (χ1v) is 6.29. The summed E-state index contributed by atoms with van der Waals surface area (Å²) >= 11 is 0. The van der Waals surface area contributed by atoms with Crippen molar-refractivity contribution in [1.82, 2.24) is 4.72 Å². The first kappa shape index (κ1) is 12.1. The van der Waals surface area contributed by atoms with Crippen LogP contribution in [0.25, 0.3) is 0 Å². The van der Waals surface area contributed by atoms with Crippen LogP contribution in [0.2, 0.25) is 0 Å². The standard InChI is InChI=1S/C10H14FNO2S/c1-8(2)12-15(13,14)7-9-4-3-5-10(11)6-9/h3-6,8,12H,7H2,1-2H3. The Labute approximate surface area is 89.4 Å². The maximum absolute atomic E-state index is 12.8. The summed E-state index contributed by atoms with van der Waals surface area (Å²) in [5, 5.41) is 0. The van der Waals surface area contributed by atoms with Gasteiger partial charge in [-0.3, -0.25) is 0 Å². The molecule has 0 saturated heterocycles. The Kier molecular flexibility index (Phi) is 3.82. The molecule has 0 atom stereocenters. The van der Waals surface area contributed by atoms with E-state index in [1.165, 1.54) is 18.2 Å². The van der Waals surface area contributed by atoms with E-state index in [0.717, 1.165) is 0 Å². The van der Waals surface area contributed by atoms with Gasteiger partial charge in [-0.25, -0.2) is 17.5 Å². The highest BCUT2D eigenvalue weighted by Gasteiger charge is 2.12. The van der Waals surface area contributed by atoms with E-state index in [1.54, 1.807) is 19.9 Å². The molecule has 0 aliphatic rings. The normalized spacial score (nSPS) is 12.0. The fourth-order valence-corrected chi connectivity index (χ4v) is 2.67. The lowest BCUT2D eigenvalue weighted by molar-refractivity contribution is 0.568. The van der Waals surface area contributed by atoms with Crippen LogP contribution < -0.4 is 4.72 Å². The third-order valence-electron chi connectivity index (χ3n) is 1.66. The lowest BCUT2D eigenvalue weighted by atomic mass is 10.2. The highest BCUT2D eigenvalue weighted by molar-refractivity contribution is 7.88. The molecule has 0 spiro atoms. The summed E-state index contributed by atoms with van der Waals surface area (Å²) in [6.45, 7) is 3.48. The van der Waals surface area contributed by atoms with Gasteiger partial charge in [0.15, 0.2) is 0 Å². The topological polar surface area (TPSA) is 46.2 Å². The first-order valence-electron chi connectivity index (χ1n) is 4.63. The van der Waals surface area contributed by atoms with Crippen molar-refractivity contribution in [1.29, 1.82) is 0 Å². The SMILES string of the molecule is CC(C)NS(=O)(=O)Cc1cccc(F)c1. The molecule has 0 aliphatic heterocycles. The molecular weight excluding hydrogens is 217 g/mol. The van der Waals surface area contributed by atoms with E-state index < -0.39 is 15.8 Å². The summed E-state index contributed by atoms with van der Waals surface area (Å²) < 4.78 is 38.2. The quantitative estimate of drug-likeness (QED) is 0.856. The summed E-state index contributed by atoms with van der Waals surface area (Å²) in [4.78, 5) is 0. The minimum Gasteiger partial charge on any atom is -0.212 e. The van der Waals surface area contributed by atoms with Gasteiger partial charge in [0.05, 0.1) is 5.75 Å². The smallest absolute Gasteiger partial charge is 0.212 e. The van der Waals surface area contributed by atoms with Crippen LogP contribution in [0.5, 0.6) is 0 Å². The number of halogens is 1. The van der Waals surface area contributed by atoms with Gasteiger partial charge in [0, 0.05) is 6.04 Å². The molecule has 1 N–H and O–H groups in total. The Hall–Kier alpha value is -0.940. The average molecular weight is 231 g/mol. The molecule has 0 aromatic heterocycles. The molecule has 3 nitrogen and oxygen atoms in total. The monoisotopic (exact) mass is 231 g/mol. The van der Waals surface area contributed by atoms with Crippen LogP contribution in [0.1, 0.15) is 19.4 Å². The third kappa shape index (κ3) is 4.40. The van der Waals surface area contributed by atoms with Gasteiger partial charge < -0.3 is 0 Å². The lowest BCUT2D eigenvalue weighted by Gasteiger charge is -2.09. The van der Waals surface area contributed by atoms with E-state index in [4.69, 9.17) is 0 Å². The summed E-state index contributed by atoms with van der Waals surface area (Å²) in [5.41, 5.74) is 0.447. The second-order valence-corrected chi connectivity index (χ2v) is 5.42. The molecule has 1 aromatic carbocycles. The van der Waals surface area contributed by atoms with Gasteiger partial charge in [0.1, 0.15) is 5.82 Å². The summed E-state index contributed by atoms with van der Waals surface area (Å²) in [6.07, 6.45) is 0. The maximum Gasteiger partial charge on any atom is 0.216 e. The molecule has 0 fully saturated rings. The average Bonchev–Trinajstić information content (AvgIpc) is 1.99. The van der Waals surface area contributed by atoms with Crippen molar-refractivity contribution in [2.75, 3.05) is 0 Å². The van der Waals surface area contributed by atoms with Crippen molar-refractivity contribution in [2.24, 2.45) is 0 Å². The molecule has 1 rings (SSSR count). The van der Waals surface area contributed by atoms with Crippen molar-refractivity contribution in [3.63, 3.8) is 0 Å². The van der Waals surface area contributed by atoms with Gasteiger partial charge in [-0.05, 0) is 31.5 Å². The maximum atomic E-state index is 12.8. The highest BCUT2D eigenvalue weighted by Crippen LogP contribution is 2.07. The zero-order valence-corrected chi connectivity index (χ0v) is 9.51. The molecule has 0 heterocycles. The molecule has 1 aromatic rings. The summed E-state index contributed by atoms with van der Waals surface area (Å²) in [7, 11) is -3.37. The van der Waals surface area contributed by atoms with Gasteiger partial charge >= 0.3 is 0 Å². The molecule has 0 amide bonds. The Morgan fingerprint density at radius 3 is 2.60 bits per heavy atom. The van der Waals surface area contributed by atoms with Crippen molar-refractivity contribution in [3.8, 4) is 0 Å². The number of rotatable bonds is 4. The number of hydrogen-bond acceptors (Lipinski definition) is 2. The number of hydrogen-bond donors (Lipinski definition) is 1. The number of benzene rings is 1. The van der Waals surface area contributed by atoms with Crippen LogP contribution in [0.3, 0.4) is 0 Å². The van der Waals surface area contributed by atoms with Crippen LogP contribution in [-0.2, 0) is 15.8 Å². The Morgan fingerprint density at radius 2 is 2.07 bits per heavy atom. The Morgan fingerprint density at radius 1 is 1.40 bits per heavy atom. The van der Waals surface area contributed by atoms with E-state index in [0.29, 0.717) is 5.56 Å². The molecular formula is C10H14FNO2S. The summed E-state index contributed by atoms with van der Waals surface area (Å²) in [6, 6.07) is 5.44. The highest BCUT2D eigenvalue weighted by atomic mass is 32.2. The third-order valence-corrected chi connectivity index (χ3v) is 3.20. The van der Waals surface area contributed by atoms with Crippen molar-refractivity contribution in [2.45, 2.75) is 25.6 Å².